The Balaban J connectivity index is 2.59. The first-order chi connectivity index (χ1) is 6.61. The number of hydrogen-bond donors (Lipinski definition) is 0. The van der Waals surface area contributed by atoms with Crippen molar-refractivity contribution in [2.45, 2.75) is 6.42 Å². The maximum absolute atomic E-state index is 13.5. The van der Waals surface area contributed by atoms with Crippen LogP contribution in [0, 0.1) is 5.82 Å². The topological polar surface area (TPSA) is 20.3 Å². The number of fused-ring (bicyclic) bond motifs is 1. The largest absolute Gasteiger partial charge is 0.341 e. The fraction of sp³-hybridized carbons (Fsp3) is 0.300. The van der Waals surface area contributed by atoms with E-state index in [9.17, 15) is 9.18 Å². The van der Waals surface area contributed by atoms with Gasteiger partial charge in [0, 0.05) is 24.7 Å². The van der Waals surface area contributed by atoms with Crippen LogP contribution < -0.4 is 0 Å². The Kier molecular flexibility index (Phi) is 2.19. The molecule has 0 saturated carbocycles. The molecule has 0 fully saturated rings. The second-order valence-electron chi connectivity index (χ2n) is 3.36. The molecule has 1 amide bonds. The molecule has 0 unspecified atom stereocenters. The van der Waals surface area contributed by atoms with Crippen molar-refractivity contribution in [1.29, 1.82) is 0 Å². The lowest BCUT2D eigenvalue weighted by Crippen LogP contribution is -2.34. The molecule has 0 aliphatic carbocycles. The molecule has 2 rings (SSSR count). The SMILES string of the molecule is CN1CCc2c(ccc(Cl)c2F)C1=O. The molecular formula is C10H9ClFNO. The number of nitrogens with zero attached hydrogens (tertiary/aromatic N) is 1. The lowest BCUT2D eigenvalue weighted by Gasteiger charge is -2.25. The third-order valence-corrected chi connectivity index (χ3v) is 2.76. The van der Waals surface area contributed by atoms with Gasteiger partial charge in [0.05, 0.1) is 5.02 Å². The number of halogens is 2. The van der Waals surface area contributed by atoms with E-state index >= 15 is 0 Å². The zero-order chi connectivity index (χ0) is 10.3. The first-order valence-corrected chi connectivity index (χ1v) is 4.71. The number of amides is 1. The van der Waals surface area contributed by atoms with E-state index in [1.165, 1.54) is 6.07 Å². The molecule has 4 heteroatoms. The van der Waals surface area contributed by atoms with Crippen molar-refractivity contribution in [2.24, 2.45) is 0 Å². The predicted molar refractivity (Wildman–Crippen MR) is 52.1 cm³/mol. The smallest absolute Gasteiger partial charge is 0.253 e. The summed E-state index contributed by atoms with van der Waals surface area (Å²) in [6.07, 6.45) is 0.532. The molecule has 1 aromatic carbocycles. The van der Waals surface area contributed by atoms with E-state index in [4.69, 9.17) is 11.6 Å². The van der Waals surface area contributed by atoms with E-state index in [0.717, 1.165) is 0 Å². The molecular weight excluding hydrogens is 205 g/mol. The van der Waals surface area contributed by atoms with Crippen molar-refractivity contribution >= 4 is 17.5 Å². The van der Waals surface area contributed by atoms with Crippen molar-refractivity contribution in [3.8, 4) is 0 Å². The lowest BCUT2D eigenvalue weighted by molar-refractivity contribution is 0.0779. The van der Waals surface area contributed by atoms with Crippen LogP contribution in [0.4, 0.5) is 4.39 Å². The van der Waals surface area contributed by atoms with E-state index in [-0.39, 0.29) is 10.9 Å². The Bertz CT molecular complexity index is 405. The van der Waals surface area contributed by atoms with Gasteiger partial charge in [0.25, 0.3) is 5.91 Å². The Hall–Kier alpha value is -1.09. The predicted octanol–water partition coefficient (Wildman–Crippen LogP) is 2.11. The summed E-state index contributed by atoms with van der Waals surface area (Å²) in [6.45, 7) is 0.545. The minimum absolute atomic E-state index is 0.0844. The third kappa shape index (κ3) is 1.28. The summed E-state index contributed by atoms with van der Waals surface area (Å²) in [5, 5.41) is 0.0844. The van der Waals surface area contributed by atoms with E-state index < -0.39 is 5.82 Å². The van der Waals surface area contributed by atoms with Gasteiger partial charge in [-0.1, -0.05) is 11.6 Å². The summed E-state index contributed by atoms with van der Waals surface area (Å²) in [5.74, 6) is -0.590. The van der Waals surface area contributed by atoms with E-state index in [0.29, 0.717) is 24.1 Å². The Morgan fingerprint density at radius 1 is 1.50 bits per heavy atom. The van der Waals surface area contributed by atoms with Crippen LogP contribution in [0.1, 0.15) is 15.9 Å². The van der Waals surface area contributed by atoms with Crippen molar-refractivity contribution in [3.05, 3.63) is 34.1 Å². The monoisotopic (exact) mass is 213 g/mol. The maximum Gasteiger partial charge on any atom is 0.253 e. The summed E-state index contributed by atoms with van der Waals surface area (Å²) in [7, 11) is 1.71. The van der Waals surface area contributed by atoms with Gasteiger partial charge in [0.1, 0.15) is 5.82 Å². The third-order valence-electron chi connectivity index (χ3n) is 2.47. The van der Waals surface area contributed by atoms with Crippen LogP contribution >= 0.6 is 11.6 Å². The second kappa shape index (κ2) is 3.24. The van der Waals surface area contributed by atoms with Crippen molar-refractivity contribution in [2.75, 3.05) is 13.6 Å². The van der Waals surface area contributed by atoms with Gasteiger partial charge in [-0.15, -0.1) is 0 Å². The average molecular weight is 214 g/mol. The van der Waals surface area contributed by atoms with Gasteiger partial charge in [-0.3, -0.25) is 4.79 Å². The van der Waals surface area contributed by atoms with Crippen LogP contribution in [-0.2, 0) is 6.42 Å². The number of hydrogen-bond acceptors (Lipinski definition) is 1. The highest BCUT2D eigenvalue weighted by Gasteiger charge is 2.24. The lowest BCUT2D eigenvalue weighted by atomic mass is 9.99. The highest BCUT2D eigenvalue weighted by molar-refractivity contribution is 6.31. The molecule has 0 radical (unpaired) electrons. The molecule has 1 aromatic rings. The van der Waals surface area contributed by atoms with Gasteiger partial charge in [-0.05, 0) is 18.6 Å². The summed E-state index contributed by atoms with van der Waals surface area (Å²) < 4.78 is 13.5. The Morgan fingerprint density at radius 2 is 2.21 bits per heavy atom. The molecule has 0 N–H and O–H groups in total. The molecule has 74 valence electrons. The fourth-order valence-electron chi connectivity index (χ4n) is 1.62. The van der Waals surface area contributed by atoms with Crippen LogP contribution in [0.5, 0.6) is 0 Å². The van der Waals surface area contributed by atoms with Gasteiger partial charge < -0.3 is 4.90 Å². The highest BCUT2D eigenvalue weighted by atomic mass is 35.5. The normalized spacial score (nSPS) is 15.6. The van der Waals surface area contributed by atoms with Crippen LogP contribution in [0.15, 0.2) is 12.1 Å². The van der Waals surface area contributed by atoms with Gasteiger partial charge in [-0.2, -0.15) is 0 Å². The van der Waals surface area contributed by atoms with Crippen molar-refractivity contribution in [1.82, 2.24) is 4.90 Å². The van der Waals surface area contributed by atoms with Crippen molar-refractivity contribution < 1.29 is 9.18 Å². The number of benzene rings is 1. The zero-order valence-electron chi connectivity index (χ0n) is 7.68. The maximum atomic E-state index is 13.5. The highest BCUT2D eigenvalue weighted by Crippen LogP contribution is 2.26. The van der Waals surface area contributed by atoms with E-state index in [2.05, 4.69) is 0 Å². The van der Waals surface area contributed by atoms with Gasteiger partial charge in [0.2, 0.25) is 0 Å². The van der Waals surface area contributed by atoms with E-state index in [1.54, 1.807) is 18.0 Å². The summed E-state index contributed by atoms with van der Waals surface area (Å²) in [6, 6.07) is 3.01. The second-order valence-corrected chi connectivity index (χ2v) is 3.77. The molecule has 14 heavy (non-hydrogen) atoms. The fourth-order valence-corrected chi connectivity index (χ4v) is 1.80. The number of carbonyl (C=O) groups is 1. The van der Waals surface area contributed by atoms with Crippen LogP contribution in [0.3, 0.4) is 0 Å². The number of rotatable bonds is 0. The molecule has 0 bridgehead atoms. The molecule has 1 heterocycles. The first kappa shape index (κ1) is 9.46. The molecule has 0 aromatic heterocycles. The average Bonchev–Trinajstić information content (AvgIpc) is 2.17. The molecule has 0 atom stereocenters. The molecule has 0 spiro atoms. The van der Waals surface area contributed by atoms with E-state index in [1.807, 2.05) is 0 Å². The zero-order valence-corrected chi connectivity index (χ0v) is 8.44. The summed E-state index contributed by atoms with van der Waals surface area (Å²) in [4.78, 5) is 13.2. The van der Waals surface area contributed by atoms with Crippen LogP contribution in [0.2, 0.25) is 5.02 Å². The quantitative estimate of drug-likeness (QED) is 0.647. The summed E-state index contributed by atoms with van der Waals surface area (Å²) in [5.41, 5.74) is 0.876. The molecule has 0 saturated heterocycles. The molecule has 1 aliphatic rings. The Labute approximate surface area is 86.3 Å². The van der Waals surface area contributed by atoms with Crippen LogP contribution in [0.25, 0.3) is 0 Å². The minimum Gasteiger partial charge on any atom is -0.341 e. The summed E-state index contributed by atoms with van der Waals surface area (Å²) >= 11 is 5.63. The standard InChI is InChI=1S/C10H9ClFNO/c1-13-5-4-6-7(10(13)14)2-3-8(11)9(6)12/h2-3H,4-5H2,1H3. The van der Waals surface area contributed by atoms with Gasteiger partial charge in [-0.25, -0.2) is 4.39 Å². The Morgan fingerprint density at radius 3 is 2.93 bits per heavy atom. The van der Waals surface area contributed by atoms with Gasteiger partial charge in [0.15, 0.2) is 0 Å². The van der Waals surface area contributed by atoms with Gasteiger partial charge >= 0.3 is 0 Å². The first-order valence-electron chi connectivity index (χ1n) is 4.33. The van der Waals surface area contributed by atoms with Crippen molar-refractivity contribution in [3.63, 3.8) is 0 Å². The minimum atomic E-state index is -0.453. The molecule has 2 nitrogen and oxygen atoms in total. The number of likely N-dealkylation sites (N-methyl/N-ethyl adjacent to an activating group) is 1. The van der Waals surface area contributed by atoms with Crippen LogP contribution in [-0.4, -0.2) is 24.4 Å². The molecule has 1 aliphatic heterocycles. The number of carbonyl (C=O) groups excluding carboxylic acids is 1.